The molecule has 2 aromatic rings. The number of fused-ring (bicyclic) bond motifs is 3. The fourth-order valence-corrected chi connectivity index (χ4v) is 1.72. The van der Waals surface area contributed by atoms with Gasteiger partial charge in [-0.3, -0.25) is 4.79 Å². The lowest BCUT2D eigenvalue weighted by atomic mass is 10.2. The highest BCUT2D eigenvalue weighted by atomic mass is 16.7. The predicted octanol–water partition coefficient (Wildman–Crippen LogP) is 1.52. The van der Waals surface area contributed by atoms with Crippen molar-refractivity contribution in [2.45, 2.75) is 0 Å². The van der Waals surface area contributed by atoms with E-state index in [4.69, 9.17) is 13.9 Å². The van der Waals surface area contributed by atoms with Gasteiger partial charge < -0.3 is 19.2 Å². The van der Waals surface area contributed by atoms with Crippen molar-refractivity contribution in [3.63, 3.8) is 0 Å². The molecule has 1 amide bonds. The van der Waals surface area contributed by atoms with Gasteiger partial charge >= 0.3 is 0 Å². The van der Waals surface area contributed by atoms with Crippen LogP contribution in [0.15, 0.2) is 22.6 Å². The maximum atomic E-state index is 11.4. The molecule has 0 saturated heterocycles. The molecule has 1 aliphatic rings. The van der Waals surface area contributed by atoms with E-state index in [-0.39, 0.29) is 18.5 Å². The first-order valence-corrected chi connectivity index (χ1v) is 4.84. The van der Waals surface area contributed by atoms with Gasteiger partial charge in [-0.2, -0.15) is 0 Å². The van der Waals surface area contributed by atoms with Crippen molar-refractivity contribution in [1.29, 1.82) is 0 Å². The van der Waals surface area contributed by atoms with Gasteiger partial charge in [-0.15, -0.1) is 0 Å². The maximum Gasteiger partial charge on any atom is 0.286 e. The molecule has 1 aromatic carbocycles. The number of amides is 1. The molecule has 1 aliphatic heterocycles. The summed E-state index contributed by atoms with van der Waals surface area (Å²) in [6, 6.07) is 5.18. The van der Waals surface area contributed by atoms with E-state index in [0.29, 0.717) is 17.1 Å². The Labute approximate surface area is 90.9 Å². The molecule has 82 valence electrons. The average Bonchev–Trinajstić information content (AvgIpc) is 2.92. The molecule has 0 fully saturated rings. The summed E-state index contributed by atoms with van der Waals surface area (Å²) in [5.74, 6) is 1.32. The van der Waals surface area contributed by atoms with Crippen molar-refractivity contribution in [2.24, 2.45) is 0 Å². The van der Waals surface area contributed by atoms with E-state index in [0.717, 1.165) is 5.39 Å². The molecule has 5 heteroatoms. The molecule has 0 spiro atoms. The second kappa shape index (κ2) is 3.16. The molecule has 16 heavy (non-hydrogen) atoms. The Morgan fingerprint density at radius 1 is 1.38 bits per heavy atom. The second-order valence-electron chi connectivity index (χ2n) is 3.40. The van der Waals surface area contributed by atoms with Gasteiger partial charge in [0.25, 0.3) is 5.91 Å². The quantitative estimate of drug-likeness (QED) is 0.789. The molecule has 0 aliphatic carbocycles. The van der Waals surface area contributed by atoms with Gasteiger partial charge in [-0.25, -0.2) is 0 Å². The summed E-state index contributed by atoms with van der Waals surface area (Å²) in [5.41, 5.74) is 0.614. The third-order valence-electron chi connectivity index (χ3n) is 2.48. The van der Waals surface area contributed by atoms with Gasteiger partial charge in [0.05, 0.1) is 5.39 Å². The largest absolute Gasteiger partial charge is 0.454 e. The summed E-state index contributed by atoms with van der Waals surface area (Å²) in [5, 5.41) is 3.26. The Bertz CT molecular complexity index is 573. The van der Waals surface area contributed by atoms with E-state index in [9.17, 15) is 4.79 Å². The first-order chi connectivity index (χ1) is 7.79. The van der Waals surface area contributed by atoms with E-state index in [1.807, 2.05) is 0 Å². The first-order valence-electron chi connectivity index (χ1n) is 4.84. The Kier molecular flexibility index (Phi) is 1.80. The van der Waals surface area contributed by atoms with Crippen molar-refractivity contribution in [1.82, 2.24) is 5.32 Å². The van der Waals surface area contributed by atoms with E-state index in [2.05, 4.69) is 5.32 Å². The molecule has 5 nitrogen and oxygen atoms in total. The summed E-state index contributed by atoms with van der Waals surface area (Å²) in [6.07, 6.45) is 0. The SMILES string of the molecule is CNC(=O)c1cc2c3c(ccc2o1)OCO3. The molecule has 0 atom stereocenters. The Morgan fingerprint density at radius 3 is 3.06 bits per heavy atom. The van der Waals surface area contributed by atoms with Gasteiger partial charge in [0.1, 0.15) is 5.58 Å². The molecule has 2 heterocycles. The molecule has 1 N–H and O–H groups in total. The summed E-state index contributed by atoms with van der Waals surface area (Å²) < 4.78 is 16.0. The van der Waals surface area contributed by atoms with Crippen LogP contribution in [0.2, 0.25) is 0 Å². The number of furan rings is 1. The normalized spacial score (nSPS) is 13.1. The standard InChI is InChI=1S/C11H9NO4/c1-12-11(13)9-4-6-7(16-9)2-3-8-10(6)15-5-14-8/h2-4H,5H2,1H3,(H,12,13). The van der Waals surface area contributed by atoms with Crippen LogP contribution in [0.25, 0.3) is 11.0 Å². The van der Waals surface area contributed by atoms with Crippen LogP contribution in [0.5, 0.6) is 11.5 Å². The highest BCUT2D eigenvalue weighted by Gasteiger charge is 2.20. The van der Waals surface area contributed by atoms with Crippen LogP contribution in [0, 0.1) is 0 Å². The van der Waals surface area contributed by atoms with Gasteiger partial charge in [0, 0.05) is 13.1 Å². The number of carbonyl (C=O) groups excluding carboxylic acids is 1. The Hall–Kier alpha value is -2.17. The van der Waals surface area contributed by atoms with E-state index in [1.54, 1.807) is 25.2 Å². The molecule has 3 rings (SSSR count). The minimum Gasteiger partial charge on any atom is -0.454 e. The highest BCUT2D eigenvalue weighted by molar-refractivity contribution is 5.98. The summed E-state index contributed by atoms with van der Waals surface area (Å²) in [4.78, 5) is 11.4. The number of hydrogen-bond donors (Lipinski definition) is 1. The molecular formula is C11H9NO4. The molecule has 0 bridgehead atoms. The second-order valence-corrected chi connectivity index (χ2v) is 3.40. The zero-order valence-corrected chi connectivity index (χ0v) is 8.57. The average molecular weight is 219 g/mol. The van der Waals surface area contributed by atoms with Gasteiger partial charge in [-0.1, -0.05) is 0 Å². The van der Waals surface area contributed by atoms with E-state index in [1.165, 1.54) is 0 Å². The highest BCUT2D eigenvalue weighted by Crippen LogP contribution is 2.40. The van der Waals surface area contributed by atoms with E-state index < -0.39 is 0 Å². The third kappa shape index (κ3) is 1.14. The number of ether oxygens (including phenoxy) is 2. The number of carbonyl (C=O) groups is 1. The fraction of sp³-hybridized carbons (Fsp3) is 0.182. The molecule has 0 radical (unpaired) electrons. The number of rotatable bonds is 1. The molecule has 1 aromatic heterocycles. The number of benzene rings is 1. The number of hydrogen-bond acceptors (Lipinski definition) is 4. The predicted molar refractivity (Wildman–Crippen MR) is 55.7 cm³/mol. The van der Waals surface area contributed by atoms with Crippen LogP contribution in [-0.4, -0.2) is 19.7 Å². The molecule has 0 unspecified atom stereocenters. The summed E-state index contributed by atoms with van der Waals surface area (Å²) in [6.45, 7) is 0.203. The summed E-state index contributed by atoms with van der Waals surface area (Å²) >= 11 is 0. The lowest BCUT2D eigenvalue weighted by Gasteiger charge is -1.94. The van der Waals surface area contributed by atoms with Gasteiger partial charge in [0.2, 0.25) is 6.79 Å². The van der Waals surface area contributed by atoms with Crippen LogP contribution in [-0.2, 0) is 0 Å². The monoisotopic (exact) mass is 219 g/mol. The zero-order chi connectivity index (χ0) is 11.1. The molecular weight excluding hydrogens is 210 g/mol. The van der Waals surface area contributed by atoms with Crippen LogP contribution >= 0.6 is 0 Å². The van der Waals surface area contributed by atoms with Crippen molar-refractivity contribution in [3.05, 3.63) is 24.0 Å². The lowest BCUT2D eigenvalue weighted by molar-refractivity contribution is 0.0938. The fourth-order valence-electron chi connectivity index (χ4n) is 1.72. The number of nitrogens with one attached hydrogen (secondary N) is 1. The minimum absolute atomic E-state index is 0.203. The molecule has 0 saturated carbocycles. The van der Waals surface area contributed by atoms with Crippen molar-refractivity contribution < 1.29 is 18.7 Å². The third-order valence-corrected chi connectivity index (χ3v) is 2.48. The summed E-state index contributed by atoms with van der Waals surface area (Å²) in [7, 11) is 1.56. The smallest absolute Gasteiger partial charge is 0.286 e. The topological polar surface area (TPSA) is 60.7 Å². The van der Waals surface area contributed by atoms with Gasteiger partial charge in [-0.05, 0) is 12.1 Å². The van der Waals surface area contributed by atoms with Gasteiger partial charge in [0.15, 0.2) is 17.3 Å². The van der Waals surface area contributed by atoms with E-state index >= 15 is 0 Å². The Balaban J connectivity index is 2.21. The van der Waals surface area contributed by atoms with Crippen LogP contribution in [0.1, 0.15) is 10.6 Å². The maximum absolute atomic E-state index is 11.4. The van der Waals surface area contributed by atoms with Crippen LogP contribution < -0.4 is 14.8 Å². The zero-order valence-electron chi connectivity index (χ0n) is 8.57. The van der Waals surface area contributed by atoms with Crippen molar-refractivity contribution >= 4 is 16.9 Å². The van der Waals surface area contributed by atoms with Crippen LogP contribution in [0.3, 0.4) is 0 Å². The Morgan fingerprint density at radius 2 is 2.25 bits per heavy atom. The van der Waals surface area contributed by atoms with Crippen molar-refractivity contribution in [2.75, 3.05) is 13.8 Å². The van der Waals surface area contributed by atoms with Crippen LogP contribution in [0.4, 0.5) is 0 Å². The first kappa shape index (κ1) is 9.08. The lowest BCUT2D eigenvalue weighted by Crippen LogP contribution is -2.16. The minimum atomic E-state index is -0.260. The van der Waals surface area contributed by atoms with Crippen molar-refractivity contribution in [3.8, 4) is 11.5 Å².